The van der Waals surface area contributed by atoms with E-state index in [0.29, 0.717) is 12.8 Å². The topological polar surface area (TPSA) is 172 Å². The second-order valence-corrected chi connectivity index (χ2v) is 14.8. The van der Waals surface area contributed by atoms with Crippen molar-refractivity contribution in [3.63, 3.8) is 0 Å². The summed E-state index contributed by atoms with van der Waals surface area (Å²) in [5.41, 5.74) is 5.32. The minimum Gasteiger partial charge on any atom is -0.480 e. The van der Waals surface area contributed by atoms with Crippen LogP contribution in [0, 0.1) is 0 Å². The van der Waals surface area contributed by atoms with Gasteiger partial charge < -0.3 is 25.2 Å². The van der Waals surface area contributed by atoms with Gasteiger partial charge in [0.25, 0.3) is 0 Å². The predicted octanol–water partition coefficient (Wildman–Crippen LogP) is 10.7. The number of phosphoric ester groups is 1. The van der Waals surface area contributed by atoms with Crippen molar-refractivity contribution in [1.82, 2.24) is 0 Å². The standard InChI is InChI=1S/C44H72NO10P/c1-3-5-7-9-11-13-15-17-18-19-20-21-22-24-25-27-29-31-33-35-42(46)52-37-40(38-53-56(50,51)54-39-41(45)44(48)49)55-43(47)36-34-32-30-28-26-23-16-14-12-10-8-6-4-2/h6,8,11-14,17-18,20-21,23,26,30,32,40-41H,3-5,7,9-10,15-16,19,22,24-25,27-29,31,33-39,45H2,1-2H3,(H,48,49)(H,50,51)/b8-6-,13-11-,14-12-,18-17-,21-20-,26-23-,32-30-. The van der Waals surface area contributed by atoms with E-state index in [1.165, 1.54) is 25.7 Å². The van der Waals surface area contributed by atoms with Crippen LogP contribution in [0.1, 0.15) is 142 Å². The molecule has 318 valence electrons. The van der Waals surface area contributed by atoms with Crippen LogP contribution in [-0.2, 0) is 37.5 Å². The van der Waals surface area contributed by atoms with Crippen LogP contribution in [-0.4, -0.2) is 59.9 Å². The highest BCUT2D eigenvalue weighted by Gasteiger charge is 2.28. The molecule has 3 unspecified atom stereocenters. The molecule has 0 bridgehead atoms. The van der Waals surface area contributed by atoms with E-state index >= 15 is 0 Å². The molecule has 11 nitrogen and oxygen atoms in total. The third-order valence-corrected chi connectivity index (χ3v) is 9.09. The van der Waals surface area contributed by atoms with E-state index < -0.39 is 51.1 Å². The zero-order valence-corrected chi connectivity index (χ0v) is 35.1. The molecular weight excluding hydrogens is 733 g/mol. The largest absolute Gasteiger partial charge is 0.480 e. The van der Waals surface area contributed by atoms with Crippen molar-refractivity contribution in [2.24, 2.45) is 5.73 Å². The van der Waals surface area contributed by atoms with Crippen LogP contribution in [0.15, 0.2) is 85.1 Å². The van der Waals surface area contributed by atoms with E-state index in [0.717, 1.165) is 77.0 Å². The third kappa shape index (κ3) is 37.6. The van der Waals surface area contributed by atoms with Gasteiger partial charge in [-0.1, -0.05) is 137 Å². The number of carbonyl (C=O) groups excluding carboxylic acids is 2. The van der Waals surface area contributed by atoms with E-state index in [9.17, 15) is 23.8 Å². The van der Waals surface area contributed by atoms with Crippen molar-refractivity contribution in [1.29, 1.82) is 0 Å². The molecule has 0 amide bonds. The number of allylic oxidation sites excluding steroid dienone is 14. The van der Waals surface area contributed by atoms with Crippen LogP contribution in [0.4, 0.5) is 0 Å². The minimum atomic E-state index is -4.74. The molecular formula is C44H72NO10P. The summed E-state index contributed by atoms with van der Waals surface area (Å²) >= 11 is 0. The number of ether oxygens (including phenoxy) is 2. The fraction of sp³-hybridized carbons (Fsp3) is 0.614. The van der Waals surface area contributed by atoms with E-state index in [4.69, 9.17) is 24.8 Å². The molecule has 3 atom stereocenters. The van der Waals surface area contributed by atoms with E-state index in [2.05, 4.69) is 85.2 Å². The molecule has 0 spiro atoms. The fourth-order valence-corrected chi connectivity index (χ4v) is 5.68. The fourth-order valence-electron chi connectivity index (χ4n) is 4.91. The second-order valence-electron chi connectivity index (χ2n) is 13.4. The summed E-state index contributed by atoms with van der Waals surface area (Å²) in [6.45, 7) is 2.54. The summed E-state index contributed by atoms with van der Waals surface area (Å²) in [5.74, 6) is -2.51. The number of nitrogens with two attached hydrogens (primary N) is 1. The van der Waals surface area contributed by atoms with E-state index in [1.54, 1.807) is 0 Å². The predicted molar refractivity (Wildman–Crippen MR) is 226 cm³/mol. The Morgan fingerprint density at radius 1 is 0.571 bits per heavy atom. The highest BCUT2D eigenvalue weighted by molar-refractivity contribution is 7.47. The van der Waals surface area contributed by atoms with Crippen LogP contribution in [0.2, 0.25) is 0 Å². The highest BCUT2D eigenvalue weighted by atomic mass is 31.2. The molecule has 12 heteroatoms. The van der Waals surface area contributed by atoms with Crippen LogP contribution in [0.3, 0.4) is 0 Å². The van der Waals surface area contributed by atoms with Crippen molar-refractivity contribution in [3.8, 4) is 0 Å². The first-order valence-electron chi connectivity index (χ1n) is 20.6. The van der Waals surface area contributed by atoms with Crippen molar-refractivity contribution in [2.45, 2.75) is 154 Å². The van der Waals surface area contributed by atoms with Crippen molar-refractivity contribution >= 4 is 25.7 Å². The first kappa shape index (κ1) is 52.7. The Morgan fingerprint density at radius 3 is 1.57 bits per heavy atom. The van der Waals surface area contributed by atoms with Gasteiger partial charge in [0.2, 0.25) is 0 Å². The first-order chi connectivity index (χ1) is 27.1. The van der Waals surface area contributed by atoms with Gasteiger partial charge in [-0.15, -0.1) is 0 Å². The summed E-state index contributed by atoms with van der Waals surface area (Å²) in [6.07, 6.45) is 46.7. The molecule has 56 heavy (non-hydrogen) atoms. The maximum Gasteiger partial charge on any atom is 0.472 e. The number of hydrogen-bond acceptors (Lipinski definition) is 9. The lowest BCUT2D eigenvalue weighted by atomic mass is 10.1. The average Bonchev–Trinajstić information content (AvgIpc) is 3.17. The molecule has 0 heterocycles. The molecule has 0 aromatic carbocycles. The molecule has 0 saturated carbocycles. The van der Waals surface area contributed by atoms with Crippen LogP contribution >= 0.6 is 7.82 Å². The summed E-state index contributed by atoms with van der Waals surface area (Å²) in [7, 11) is -4.74. The molecule has 0 fully saturated rings. The monoisotopic (exact) mass is 805 g/mol. The zero-order valence-electron chi connectivity index (χ0n) is 34.2. The van der Waals surface area contributed by atoms with Gasteiger partial charge in [-0.3, -0.25) is 23.4 Å². The maximum absolute atomic E-state index is 12.5. The Labute approximate surface area is 337 Å². The molecule has 0 aliphatic carbocycles. The van der Waals surface area contributed by atoms with Gasteiger partial charge in [0, 0.05) is 12.8 Å². The van der Waals surface area contributed by atoms with Gasteiger partial charge in [-0.05, 0) is 77.0 Å². The molecule has 0 aromatic heterocycles. The van der Waals surface area contributed by atoms with E-state index in [-0.39, 0.29) is 19.4 Å². The number of carboxylic acids is 1. The Hall–Kier alpha value is -3.34. The van der Waals surface area contributed by atoms with Crippen molar-refractivity contribution in [2.75, 3.05) is 19.8 Å². The highest BCUT2D eigenvalue weighted by Crippen LogP contribution is 2.43. The Balaban J connectivity index is 4.49. The normalized spacial score (nSPS) is 14.6. The molecule has 0 saturated heterocycles. The summed E-state index contributed by atoms with van der Waals surface area (Å²) in [4.78, 5) is 45.8. The molecule has 0 aromatic rings. The van der Waals surface area contributed by atoms with Gasteiger partial charge in [0.15, 0.2) is 6.10 Å². The third-order valence-electron chi connectivity index (χ3n) is 8.14. The lowest BCUT2D eigenvalue weighted by Gasteiger charge is -2.20. The number of hydrogen-bond donors (Lipinski definition) is 3. The SMILES string of the molecule is CC/C=C\C/C=C\C/C=C\C/C=C\CCC(=O)OC(COC(=O)CCCCCCCC/C=C\C/C=C\C/C=C\CCCCC)COP(=O)(O)OCC(N)C(=O)O. The summed E-state index contributed by atoms with van der Waals surface area (Å²) in [5, 5.41) is 8.87. The van der Waals surface area contributed by atoms with Crippen LogP contribution < -0.4 is 5.73 Å². The first-order valence-corrected chi connectivity index (χ1v) is 22.1. The lowest BCUT2D eigenvalue weighted by molar-refractivity contribution is -0.161. The Kier molecular flexibility index (Phi) is 36.2. The molecule has 0 rings (SSSR count). The molecule has 0 radical (unpaired) electrons. The zero-order chi connectivity index (χ0) is 41.4. The smallest absolute Gasteiger partial charge is 0.472 e. The number of aliphatic carboxylic acids is 1. The molecule has 0 aliphatic heterocycles. The quantitative estimate of drug-likeness (QED) is 0.0236. The van der Waals surface area contributed by atoms with Crippen LogP contribution in [0.25, 0.3) is 0 Å². The average molecular weight is 806 g/mol. The number of phosphoric acid groups is 1. The Bertz CT molecular complexity index is 1270. The van der Waals surface area contributed by atoms with Gasteiger partial charge in [-0.2, -0.15) is 0 Å². The number of unbranched alkanes of at least 4 members (excludes halogenated alkanes) is 9. The van der Waals surface area contributed by atoms with E-state index in [1.807, 2.05) is 18.2 Å². The second kappa shape index (κ2) is 38.5. The van der Waals surface area contributed by atoms with Crippen molar-refractivity contribution in [3.05, 3.63) is 85.1 Å². The maximum atomic E-state index is 12.5. The van der Waals surface area contributed by atoms with Gasteiger partial charge in [0.1, 0.15) is 12.6 Å². The summed E-state index contributed by atoms with van der Waals surface area (Å²) in [6, 6.07) is -1.54. The minimum absolute atomic E-state index is 0.0322. The molecule has 0 aliphatic rings. The summed E-state index contributed by atoms with van der Waals surface area (Å²) < 4.78 is 32.5. The number of rotatable bonds is 37. The number of carbonyl (C=O) groups is 3. The lowest BCUT2D eigenvalue weighted by Crippen LogP contribution is -2.34. The van der Waals surface area contributed by atoms with Gasteiger partial charge in [0.05, 0.1) is 13.2 Å². The van der Waals surface area contributed by atoms with Gasteiger partial charge >= 0.3 is 25.7 Å². The van der Waals surface area contributed by atoms with Crippen molar-refractivity contribution < 1.29 is 47.5 Å². The van der Waals surface area contributed by atoms with Gasteiger partial charge in [-0.25, -0.2) is 4.57 Å². The number of carboxylic acid groups (broad SMARTS) is 1. The Morgan fingerprint density at radius 2 is 1.04 bits per heavy atom. The number of esters is 2. The van der Waals surface area contributed by atoms with Crippen LogP contribution in [0.5, 0.6) is 0 Å². The molecule has 4 N–H and O–H groups in total.